The summed E-state index contributed by atoms with van der Waals surface area (Å²) in [4.78, 5) is 2.63. The summed E-state index contributed by atoms with van der Waals surface area (Å²) >= 11 is 0. The van der Waals surface area contributed by atoms with Gasteiger partial charge in [-0.1, -0.05) is 13.8 Å². The van der Waals surface area contributed by atoms with Gasteiger partial charge in [-0.15, -0.1) is 0 Å². The third-order valence-corrected chi connectivity index (χ3v) is 4.82. The van der Waals surface area contributed by atoms with E-state index in [2.05, 4.69) is 18.7 Å². The minimum atomic E-state index is 0.318. The summed E-state index contributed by atoms with van der Waals surface area (Å²) in [7, 11) is 1.81. The minimum Gasteiger partial charge on any atom is -0.384 e. The summed E-state index contributed by atoms with van der Waals surface area (Å²) in [6.07, 6.45) is 5.16. The van der Waals surface area contributed by atoms with Crippen molar-refractivity contribution >= 4 is 0 Å². The van der Waals surface area contributed by atoms with Crippen molar-refractivity contribution in [3.05, 3.63) is 0 Å². The Balaban J connectivity index is 1.94. The van der Waals surface area contributed by atoms with Gasteiger partial charge in [-0.05, 0) is 43.6 Å². The van der Waals surface area contributed by atoms with Crippen molar-refractivity contribution in [1.82, 2.24) is 4.90 Å². The normalized spacial score (nSPS) is 38.5. The van der Waals surface area contributed by atoms with Gasteiger partial charge in [0.1, 0.15) is 0 Å². The molecule has 0 aromatic rings. The van der Waals surface area contributed by atoms with Crippen LogP contribution in [-0.4, -0.2) is 43.8 Å². The Hall–Kier alpha value is -0.120. The monoisotopic (exact) mass is 240 g/mol. The van der Waals surface area contributed by atoms with Gasteiger partial charge in [0, 0.05) is 25.7 Å². The molecule has 0 spiro atoms. The van der Waals surface area contributed by atoms with Crippen LogP contribution in [0.2, 0.25) is 0 Å². The van der Waals surface area contributed by atoms with E-state index in [1.807, 2.05) is 7.11 Å². The molecule has 3 unspecified atom stereocenters. The van der Waals surface area contributed by atoms with Crippen molar-refractivity contribution in [2.45, 2.75) is 51.6 Å². The van der Waals surface area contributed by atoms with Crippen LogP contribution in [0.4, 0.5) is 0 Å². The van der Waals surface area contributed by atoms with E-state index in [9.17, 15) is 0 Å². The topological polar surface area (TPSA) is 38.5 Å². The highest BCUT2D eigenvalue weighted by molar-refractivity contribution is 5.00. The molecule has 1 saturated carbocycles. The lowest BCUT2D eigenvalue weighted by molar-refractivity contribution is 0.0610. The fraction of sp³-hybridized carbons (Fsp3) is 1.00. The van der Waals surface area contributed by atoms with E-state index < -0.39 is 0 Å². The molecule has 2 aliphatic rings. The summed E-state index contributed by atoms with van der Waals surface area (Å²) in [6, 6.07) is 0.938. The molecule has 3 nitrogen and oxygen atoms in total. The molecule has 100 valence electrons. The fourth-order valence-corrected chi connectivity index (χ4v) is 3.57. The Kier molecular flexibility index (Phi) is 4.11. The van der Waals surface area contributed by atoms with Crippen molar-refractivity contribution in [3.63, 3.8) is 0 Å². The third kappa shape index (κ3) is 2.83. The number of hydrogen-bond donors (Lipinski definition) is 1. The van der Waals surface area contributed by atoms with Crippen LogP contribution in [0, 0.1) is 11.3 Å². The molecule has 2 N–H and O–H groups in total. The van der Waals surface area contributed by atoms with Gasteiger partial charge in [0.15, 0.2) is 0 Å². The summed E-state index contributed by atoms with van der Waals surface area (Å²) in [5.41, 5.74) is 6.75. The number of piperidine rings is 1. The lowest BCUT2D eigenvalue weighted by Gasteiger charge is -2.40. The molecular formula is C14H28N2O. The smallest absolute Gasteiger partial charge is 0.0502 e. The third-order valence-electron chi connectivity index (χ3n) is 4.82. The van der Waals surface area contributed by atoms with E-state index >= 15 is 0 Å². The van der Waals surface area contributed by atoms with Gasteiger partial charge in [0.2, 0.25) is 0 Å². The largest absolute Gasteiger partial charge is 0.384 e. The lowest BCUT2D eigenvalue weighted by Crippen LogP contribution is -2.52. The quantitative estimate of drug-likeness (QED) is 0.818. The van der Waals surface area contributed by atoms with Gasteiger partial charge < -0.3 is 10.5 Å². The van der Waals surface area contributed by atoms with Crippen LogP contribution in [0.1, 0.15) is 39.5 Å². The molecule has 2 fully saturated rings. The highest BCUT2D eigenvalue weighted by atomic mass is 16.5. The van der Waals surface area contributed by atoms with E-state index in [1.54, 1.807) is 0 Å². The molecule has 1 aliphatic heterocycles. The van der Waals surface area contributed by atoms with Crippen LogP contribution >= 0.6 is 0 Å². The van der Waals surface area contributed by atoms with Crippen LogP contribution in [-0.2, 0) is 4.74 Å². The lowest BCUT2D eigenvalue weighted by atomic mass is 9.86. The van der Waals surface area contributed by atoms with Crippen molar-refractivity contribution < 1.29 is 4.74 Å². The zero-order chi connectivity index (χ0) is 12.5. The van der Waals surface area contributed by atoms with Crippen LogP contribution in [0.3, 0.4) is 0 Å². The number of nitrogens with zero attached hydrogens (tertiary/aromatic N) is 1. The average Bonchev–Trinajstić information content (AvgIpc) is 2.55. The van der Waals surface area contributed by atoms with Gasteiger partial charge >= 0.3 is 0 Å². The van der Waals surface area contributed by atoms with E-state index in [0.717, 1.165) is 6.61 Å². The van der Waals surface area contributed by atoms with Crippen LogP contribution in [0.5, 0.6) is 0 Å². The number of hydrogen-bond acceptors (Lipinski definition) is 3. The molecule has 2 rings (SSSR count). The summed E-state index contributed by atoms with van der Waals surface area (Å²) in [6.45, 7) is 7.95. The number of rotatable bonds is 3. The van der Waals surface area contributed by atoms with Gasteiger partial charge in [-0.25, -0.2) is 0 Å². The van der Waals surface area contributed by atoms with Crippen molar-refractivity contribution in [1.29, 1.82) is 0 Å². The predicted molar refractivity (Wildman–Crippen MR) is 71.0 cm³/mol. The van der Waals surface area contributed by atoms with Crippen LogP contribution in [0.25, 0.3) is 0 Å². The Morgan fingerprint density at radius 1 is 1.35 bits per heavy atom. The first kappa shape index (κ1) is 13.3. The highest BCUT2D eigenvalue weighted by Crippen LogP contribution is 2.39. The van der Waals surface area contributed by atoms with Crippen LogP contribution < -0.4 is 5.73 Å². The fourth-order valence-electron chi connectivity index (χ4n) is 3.57. The second-order valence-corrected chi connectivity index (χ2v) is 6.58. The van der Waals surface area contributed by atoms with Crippen LogP contribution in [0.15, 0.2) is 0 Å². The highest BCUT2D eigenvalue weighted by Gasteiger charge is 2.42. The molecule has 17 heavy (non-hydrogen) atoms. The molecule has 1 saturated heterocycles. The molecule has 0 aromatic carbocycles. The Morgan fingerprint density at radius 3 is 2.71 bits per heavy atom. The Bertz CT molecular complexity index is 253. The van der Waals surface area contributed by atoms with E-state index in [1.165, 1.54) is 38.8 Å². The molecule has 1 aliphatic carbocycles. The minimum absolute atomic E-state index is 0.318. The first-order valence-corrected chi connectivity index (χ1v) is 7.03. The standard InChI is InChI=1S/C14H28N2O/c1-14(2)7-6-12(13(14)15)16-8-4-5-11(9-16)10-17-3/h11-13H,4-10,15H2,1-3H3. The molecule has 3 atom stereocenters. The molecule has 0 aromatic heterocycles. The molecule has 0 radical (unpaired) electrons. The van der Waals surface area contributed by atoms with Crippen molar-refractivity contribution in [3.8, 4) is 0 Å². The SMILES string of the molecule is COCC1CCCN(C2CCC(C)(C)C2N)C1. The Labute approximate surface area is 106 Å². The summed E-state index contributed by atoms with van der Waals surface area (Å²) in [5.74, 6) is 0.713. The second-order valence-electron chi connectivity index (χ2n) is 6.58. The van der Waals surface area contributed by atoms with E-state index in [0.29, 0.717) is 23.4 Å². The number of likely N-dealkylation sites (tertiary alicyclic amines) is 1. The maximum absolute atomic E-state index is 6.43. The van der Waals surface area contributed by atoms with Gasteiger partial charge in [0.25, 0.3) is 0 Å². The molecule has 0 amide bonds. The number of ether oxygens (including phenoxy) is 1. The van der Waals surface area contributed by atoms with E-state index in [-0.39, 0.29) is 0 Å². The molecule has 3 heteroatoms. The second kappa shape index (κ2) is 5.25. The summed E-state index contributed by atoms with van der Waals surface area (Å²) < 4.78 is 5.30. The van der Waals surface area contributed by atoms with E-state index in [4.69, 9.17) is 10.5 Å². The maximum atomic E-state index is 6.43. The van der Waals surface area contributed by atoms with Crippen molar-refractivity contribution in [2.24, 2.45) is 17.1 Å². The van der Waals surface area contributed by atoms with Gasteiger partial charge in [-0.2, -0.15) is 0 Å². The predicted octanol–water partition coefficient (Wildman–Crippen LogP) is 1.86. The van der Waals surface area contributed by atoms with Gasteiger partial charge in [-0.3, -0.25) is 4.90 Å². The zero-order valence-corrected chi connectivity index (χ0v) is 11.6. The summed E-state index contributed by atoms with van der Waals surface area (Å²) in [5, 5.41) is 0. The zero-order valence-electron chi connectivity index (χ0n) is 11.6. The number of nitrogens with two attached hydrogens (primary N) is 1. The van der Waals surface area contributed by atoms with Gasteiger partial charge in [0.05, 0.1) is 6.61 Å². The maximum Gasteiger partial charge on any atom is 0.0502 e. The molecular weight excluding hydrogens is 212 g/mol. The molecule has 0 bridgehead atoms. The molecule has 1 heterocycles. The first-order chi connectivity index (χ1) is 8.04. The Morgan fingerprint density at radius 2 is 2.12 bits per heavy atom. The number of methoxy groups -OCH3 is 1. The first-order valence-electron chi connectivity index (χ1n) is 7.03. The van der Waals surface area contributed by atoms with Crippen molar-refractivity contribution in [2.75, 3.05) is 26.8 Å². The average molecular weight is 240 g/mol.